The summed E-state index contributed by atoms with van der Waals surface area (Å²) in [6, 6.07) is 25.7. The van der Waals surface area contributed by atoms with Crippen molar-refractivity contribution in [2.45, 2.75) is 19.0 Å². The van der Waals surface area contributed by atoms with Gasteiger partial charge in [-0.15, -0.1) is 0 Å². The second-order valence-electron chi connectivity index (χ2n) is 7.86. The Hall–Kier alpha value is -3.84. The van der Waals surface area contributed by atoms with Crippen LogP contribution in [0, 0.1) is 13.8 Å². The molecule has 0 aliphatic rings. The molecule has 0 aliphatic carbocycles. The molecule has 1 heterocycles. The van der Waals surface area contributed by atoms with Crippen LogP contribution in [0.1, 0.15) is 11.1 Å². The molecule has 2 amide bonds. The lowest BCUT2D eigenvalue weighted by atomic mass is 10.1. The minimum absolute atomic E-state index is 0.0878. The number of anilines is 1. The molecule has 0 aliphatic heterocycles. The zero-order valence-corrected chi connectivity index (χ0v) is 19.9. The van der Waals surface area contributed by atoms with Crippen LogP contribution < -0.4 is 10.6 Å². The molecule has 4 rings (SSSR count). The molecule has 0 atom stereocenters. The van der Waals surface area contributed by atoms with Gasteiger partial charge in [0.25, 0.3) is 0 Å². The third kappa shape index (κ3) is 5.74. The number of nitrogens with one attached hydrogen (secondary N) is 3. The van der Waals surface area contributed by atoms with Crippen LogP contribution in [0.25, 0.3) is 22.5 Å². The van der Waals surface area contributed by atoms with Crippen LogP contribution >= 0.6 is 11.8 Å². The van der Waals surface area contributed by atoms with Crippen LogP contribution in [-0.4, -0.2) is 34.1 Å². The van der Waals surface area contributed by atoms with Crippen molar-refractivity contribution in [3.63, 3.8) is 0 Å². The van der Waals surface area contributed by atoms with Crippen LogP contribution in [0.2, 0.25) is 0 Å². The summed E-state index contributed by atoms with van der Waals surface area (Å²) in [7, 11) is 0. The van der Waals surface area contributed by atoms with Gasteiger partial charge in [-0.05, 0) is 31.0 Å². The molecule has 0 radical (unpaired) electrons. The molecule has 0 spiro atoms. The number of amides is 2. The standard InChI is InChI=1S/C27H26N4O2S/c1-18-10-9-15-22(19(18)2)29-23(32)16-28-24(33)17-34-27-30-25(20-11-5-3-6-12-20)26(31-27)21-13-7-4-8-14-21/h3-15H,16-17H2,1-2H3,(H,28,33)(H,29,32)(H,30,31). The van der Waals surface area contributed by atoms with Crippen LogP contribution in [0.3, 0.4) is 0 Å². The molecule has 0 bridgehead atoms. The number of hydrogen-bond donors (Lipinski definition) is 3. The smallest absolute Gasteiger partial charge is 0.243 e. The van der Waals surface area contributed by atoms with E-state index in [1.807, 2.05) is 92.7 Å². The zero-order valence-electron chi connectivity index (χ0n) is 19.1. The Balaban J connectivity index is 1.37. The molecule has 4 aromatic rings. The highest BCUT2D eigenvalue weighted by Crippen LogP contribution is 2.32. The van der Waals surface area contributed by atoms with E-state index in [1.54, 1.807) is 0 Å². The van der Waals surface area contributed by atoms with E-state index in [4.69, 9.17) is 4.98 Å². The summed E-state index contributed by atoms with van der Waals surface area (Å²) in [6.45, 7) is 3.86. The summed E-state index contributed by atoms with van der Waals surface area (Å²) in [4.78, 5) is 32.7. The number of aromatic amines is 1. The SMILES string of the molecule is Cc1cccc(NC(=O)CNC(=O)CSc2nc(-c3ccccc3)c(-c3ccccc3)[nH]2)c1C. The predicted molar refractivity (Wildman–Crippen MR) is 138 cm³/mol. The number of aryl methyl sites for hydroxylation is 1. The highest BCUT2D eigenvalue weighted by atomic mass is 32.2. The van der Waals surface area contributed by atoms with E-state index in [-0.39, 0.29) is 24.1 Å². The van der Waals surface area contributed by atoms with E-state index >= 15 is 0 Å². The fraction of sp³-hybridized carbons (Fsp3) is 0.148. The van der Waals surface area contributed by atoms with Crippen molar-refractivity contribution in [1.82, 2.24) is 15.3 Å². The van der Waals surface area contributed by atoms with Crippen molar-refractivity contribution in [1.29, 1.82) is 0 Å². The third-order valence-electron chi connectivity index (χ3n) is 5.46. The molecule has 172 valence electrons. The normalized spacial score (nSPS) is 10.6. The van der Waals surface area contributed by atoms with Gasteiger partial charge in [-0.2, -0.15) is 0 Å². The number of imidazole rings is 1. The number of nitrogens with zero attached hydrogens (tertiary/aromatic N) is 1. The molecule has 0 fully saturated rings. The molecular formula is C27H26N4O2S. The summed E-state index contributed by atoms with van der Waals surface area (Å²) in [6.07, 6.45) is 0. The summed E-state index contributed by atoms with van der Waals surface area (Å²) < 4.78 is 0. The van der Waals surface area contributed by atoms with Crippen LogP contribution in [0.4, 0.5) is 5.69 Å². The predicted octanol–water partition coefficient (Wildman–Crippen LogP) is 5.21. The lowest BCUT2D eigenvalue weighted by molar-refractivity contribution is -0.122. The van der Waals surface area contributed by atoms with E-state index in [0.29, 0.717) is 5.16 Å². The molecule has 0 saturated carbocycles. The minimum Gasteiger partial charge on any atom is -0.346 e. The number of hydrogen-bond acceptors (Lipinski definition) is 4. The van der Waals surface area contributed by atoms with Gasteiger partial charge >= 0.3 is 0 Å². The monoisotopic (exact) mass is 470 g/mol. The van der Waals surface area contributed by atoms with Crippen molar-refractivity contribution in [2.24, 2.45) is 0 Å². The highest BCUT2D eigenvalue weighted by molar-refractivity contribution is 7.99. The first-order valence-corrected chi connectivity index (χ1v) is 12.0. The second-order valence-corrected chi connectivity index (χ2v) is 8.82. The number of aromatic nitrogens is 2. The summed E-state index contributed by atoms with van der Waals surface area (Å²) in [5.74, 6) is -0.352. The van der Waals surface area contributed by atoms with E-state index in [9.17, 15) is 9.59 Å². The highest BCUT2D eigenvalue weighted by Gasteiger charge is 2.15. The van der Waals surface area contributed by atoms with Crippen LogP contribution in [0.15, 0.2) is 84.0 Å². The molecular weight excluding hydrogens is 444 g/mol. The van der Waals surface area contributed by atoms with E-state index in [2.05, 4.69) is 15.6 Å². The van der Waals surface area contributed by atoms with E-state index in [1.165, 1.54) is 11.8 Å². The first-order valence-electron chi connectivity index (χ1n) is 11.0. The topological polar surface area (TPSA) is 86.9 Å². The van der Waals surface area contributed by atoms with E-state index in [0.717, 1.165) is 39.3 Å². The first-order chi connectivity index (χ1) is 16.5. The molecule has 0 saturated heterocycles. The van der Waals surface area contributed by atoms with Crippen molar-refractivity contribution in [3.05, 3.63) is 90.0 Å². The molecule has 0 unspecified atom stereocenters. The number of H-pyrrole nitrogens is 1. The number of rotatable bonds is 8. The van der Waals surface area contributed by atoms with Gasteiger partial charge in [0.2, 0.25) is 11.8 Å². The van der Waals surface area contributed by atoms with Gasteiger partial charge in [0.1, 0.15) is 0 Å². The number of carbonyl (C=O) groups excluding carboxylic acids is 2. The van der Waals surface area contributed by atoms with Gasteiger partial charge in [-0.1, -0.05) is 84.6 Å². The first kappa shape index (κ1) is 23.3. The fourth-order valence-corrected chi connectivity index (χ4v) is 4.18. The van der Waals surface area contributed by atoms with Crippen LogP contribution in [-0.2, 0) is 9.59 Å². The van der Waals surface area contributed by atoms with Crippen molar-refractivity contribution >= 4 is 29.3 Å². The van der Waals surface area contributed by atoms with Crippen molar-refractivity contribution in [3.8, 4) is 22.5 Å². The van der Waals surface area contributed by atoms with Crippen LogP contribution in [0.5, 0.6) is 0 Å². The molecule has 1 aromatic heterocycles. The van der Waals surface area contributed by atoms with Gasteiger partial charge < -0.3 is 15.6 Å². The van der Waals surface area contributed by atoms with Gasteiger partial charge in [-0.3, -0.25) is 9.59 Å². The number of benzene rings is 3. The van der Waals surface area contributed by atoms with Crippen molar-refractivity contribution < 1.29 is 9.59 Å². The average molecular weight is 471 g/mol. The van der Waals surface area contributed by atoms with Gasteiger partial charge in [-0.25, -0.2) is 4.98 Å². The Bertz CT molecular complexity index is 1230. The Morgan fingerprint density at radius 3 is 2.24 bits per heavy atom. The van der Waals surface area contributed by atoms with E-state index < -0.39 is 0 Å². The molecule has 6 nitrogen and oxygen atoms in total. The molecule has 34 heavy (non-hydrogen) atoms. The average Bonchev–Trinajstić information content (AvgIpc) is 3.30. The molecule has 3 aromatic carbocycles. The Morgan fingerprint density at radius 2 is 1.53 bits per heavy atom. The maximum atomic E-state index is 12.4. The van der Waals surface area contributed by atoms with Gasteiger partial charge in [0, 0.05) is 16.8 Å². The summed E-state index contributed by atoms with van der Waals surface area (Å²) >= 11 is 1.30. The van der Waals surface area contributed by atoms with Gasteiger partial charge in [0.05, 0.1) is 23.7 Å². The van der Waals surface area contributed by atoms with Crippen molar-refractivity contribution in [2.75, 3.05) is 17.6 Å². The summed E-state index contributed by atoms with van der Waals surface area (Å²) in [5.41, 5.74) is 6.63. The Kier molecular flexibility index (Phi) is 7.44. The molecule has 7 heteroatoms. The summed E-state index contributed by atoms with van der Waals surface area (Å²) in [5, 5.41) is 6.17. The minimum atomic E-state index is -0.261. The Morgan fingerprint density at radius 1 is 0.853 bits per heavy atom. The fourth-order valence-electron chi connectivity index (χ4n) is 3.48. The molecule has 3 N–H and O–H groups in total. The second kappa shape index (κ2) is 10.9. The third-order valence-corrected chi connectivity index (χ3v) is 6.33. The van der Waals surface area contributed by atoms with Gasteiger partial charge in [0.15, 0.2) is 5.16 Å². The lowest BCUT2D eigenvalue weighted by Gasteiger charge is -2.10. The number of thioether (sulfide) groups is 1. The lowest BCUT2D eigenvalue weighted by Crippen LogP contribution is -2.34. The Labute approximate surface area is 203 Å². The maximum absolute atomic E-state index is 12.4. The maximum Gasteiger partial charge on any atom is 0.243 e. The zero-order chi connectivity index (χ0) is 23.9. The quantitative estimate of drug-likeness (QED) is 0.309. The number of carbonyl (C=O) groups is 2. The largest absolute Gasteiger partial charge is 0.346 e.